The van der Waals surface area contributed by atoms with E-state index in [0.29, 0.717) is 16.5 Å². The van der Waals surface area contributed by atoms with Crippen LogP contribution in [-0.2, 0) is 27.8 Å². The Kier molecular flexibility index (Phi) is 6.32. The third-order valence-electron chi connectivity index (χ3n) is 3.94. The van der Waals surface area contributed by atoms with Crippen LogP contribution in [0.1, 0.15) is 32.9 Å². The Morgan fingerprint density at radius 3 is 2.48 bits per heavy atom. The number of aryl methyl sites for hydroxylation is 1. The SMILES string of the molecule is Cn1nc(CC(=O)NC(CCOC(C)(C)C)C(=O)O)c2ccccc2c1=O. The fourth-order valence-corrected chi connectivity index (χ4v) is 2.64. The molecule has 0 aliphatic heterocycles. The molecule has 2 aromatic rings. The van der Waals surface area contributed by atoms with Crippen molar-refractivity contribution in [3.8, 4) is 0 Å². The van der Waals surface area contributed by atoms with Crippen molar-refractivity contribution < 1.29 is 19.4 Å². The Bertz CT molecular complexity index is 898. The molecule has 0 spiro atoms. The van der Waals surface area contributed by atoms with Crippen molar-refractivity contribution in [2.75, 3.05) is 6.61 Å². The second-order valence-electron chi connectivity index (χ2n) is 7.31. The molecule has 0 bridgehead atoms. The number of rotatable bonds is 7. The number of benzene rings is 1. The number of carboxylic acid groups (broad SMARTS) is 1. The molecule has 0 fully saturated rings. The van der Waals surface area contributed by atoms with Gasteiger partial charge in [-0.25, -0.2) is 9.48 Å². The molecule has 0 saturated heterocycles. The average molecular weight is 375 g/mol. The number of carbonyl (C=O) groups excluding carboxylic acids is 1. The van der Waals surface area contributed by atoms with Crippen LogP contribution in [0, 0.1) is 0 Å². The highest BCUT2D eigenvalue weighted by atomic mass is 16.5. The van der Waals surface area contributed by atoms with Crippen LogP contribution < -0.4 is 10.9 Å². The average Bonchev–Trinajstić information content (AvgIpc) is 2.57. The van der Waals surface area contributed by atoms with E-state index in [1.165, 1.54) is 11.7 Å². The Balaban J connectivity index is 2.12. The second-order valence-corrected chi connectivity index (χ2v) is 7.31. The fourth-order valence-electron chi connectivity index (χ4n) is 2.64. The van der Waals surface area contributed by atoms with Crippen LogP contribution in [0.25, 0.3) is 10.8 Å². The Labute approximate surface area is 157 Å². The maximum Gasteiger partial charge on any atom is 0.326 e. The van der Waals surface area contributed by atoms with Crippen LogP contribution in [0.4, 0.5) is 0 Å². The predicted molar refractivity (Wildman–Crippen MR) is 101 cm³/mol. The van der Waals surface area contributed by atoms with Gasteiger partial charge < -0.3 is 15.2 Å². The summed E-state index contributed by atoms with van der Waals surface area (Å²) in [4.78, 5) is 35.9. The summed E-state index contributed by atoms with van der Waals surface area (Å²) in [6, 6.07) is 5.83. The van der Waals surface area contributed by atoms with Crippen molar-refractivity contribution in [1.82, 2.24) is 15.1 Å². The smallest absolute Gasteiger partial charge is 0.326 e. The van der Waals surface area contributed by atoms with E-state index in [-0.39, 0.29) is 30.6 Å². The maximum absolute atomic E-state index is 12.4. The van der Waals surface area contributed by atoms with Crippen molar-refractivity contribution in [1.29, 1.82) is 0 Å². The van der Waals surface area contributed by atoms with Crippen LogP contribution in [0.15, 0.2) is 29.1 Å². The second kappa shape index (κ2) is 8.30. The van der Waals surface area contributed by atoms with Gasteiger partial charge in [0.2, 0.25) is 5.91 Å². The van der Waals surface area contributed by atoms with Crippen LogP contribution in [0.2, 0.25) is 0 Å². The number of hydrogen-bond donors (Lipinski definition) is 2. The van der Waals surface area contributed by atoms with Crippen LogP contribution in [0.3, 0.4) is 0 Å². The molecular weight excluding hydrogens is 350 g/mol. The molecule has 2 rings (SSSR count). The van der Waals surface area contributed by atoms with E-state index in [4.69, 9.17) is 4.74 Å². The highest BCUT2D eigenvalue weighted by Gasteiger charge is 2.22. The third-order valence-corrected chi connectivity index (χ3v) is 3.94. The maximum atomic E-state index is 12.4. The quantitative estimate of drug-likeness (QED) is 0.754. The van der Waals surface area contributed by atoms with Crippen molar-refractivity contribution in [3.05, 3.63) is 40.3 Å². The van der Waals surface area contributed by atoms with E-state index in [1.54, 1.807) is 24.3 Å². The minimum atomic E-state index is -1.13. The van der Waals surface area contributed by atoms with E-state index in [0.717, 1.165) is 0 Å². The number of nitrogens with zero attached hydrogens (tertiary/aromatic N) is 2. The van der Waals surface area contributed by atoms with E-state index < -0.39 is 17.9 Å². The van der Waals surface area contributed by atoms with Gasteiger partial charge >= 0.3 is 5.97 Å². The normalized spacial score (nSPS) is 12.7. The lowest BCUT2D eigenvalue weighted by Crippen LogP contribution is -2.43. The monoisotopic (exact) mass is 375 g/mol. The van der Waals surface area contributed by atoms with Gasteiger partial charge in [-0.15, -0.1) is 0 Å². The van der Waals surface area contributed by atoms with Crippen molar-refractivity contribution in [3.63, 3.8) is 0 Å². The van der Waals surface area contributed by atoms with Gasteiger partial charge in [-0.1, -0.05) is 18.2 Å². The van der Waals surface area contributed by atoms with E-state index in [1.807, 2.05) is 20.8 Å². The van der Waals surface area contributed by atoms with Gasteiger partial charge in [0.1, 0.15) is 6.04 Å². The van der Waals surface area contributed by atoms with Gasteiger partial charge in [-0.2, -0.15) is 5.10 Å². The number of carbonyl (C=O) groups is 2. The minimum absolute atomic E-state index is 0.126. The summed E-state index contributed by atoms with van der Waals surface area (Å²) in [5.41, 5.74) is -0.220. The van der Waals surface area contributed by atoms with Crippen LogP contribution in [-0.4, -0.2) is 45.0 Å². The molecule has 0 aliphatic rings. The summed E-state index contributed by atoms with van der Waals surface area (Å²) in [7, 11) is 1.51. The summed E-state index contributed by atoms with van der Waals surface area (Å²) in [6.45, 7) is 5.83. The summed E-state index contributed by atoms with van der Waals surface area (Å²) in [5.74, 6) is -1.60. The molecule has 27 heavy (non-hydrogen) atoms. The molecule has 1 unspecified atom stereocenters. The number of fused-ring (bicyclic) bond motifs is 1. The number of nitrogens with one attached hydrogen (secondary N) is 1. The molecule has 8 nitrogen and oxygen atoms in total. The lowest BCUT2D eigenvalue weighted by molar-refractivity contribution is -0.142. The first-order valence-electron chi connectivity index (χ1n) is 8.69. The van der Waals surface area contributed by atoms with Crippen molar-refractivity contribution >= 4 is 22.6 Å². The highest BCUT2D eigenvalue weighted by Crippen LogP contribution is 2.14. The third kappa shape index (κ3) is 5.62. The van der Waals surface area contributed by atoms with Gasteiger partial charge in [0, 0.05) is 25.5 Å². The first kappa shape index (κ1) is 20.6. The molecule has 146 valence electrons. The van der Waals surface area contributed by atoms with E-state index >= 15 is 0 Å². The number of amides is 1. The zero-order valence-electron chi connectivity index (χ0n) is 16.0. The van der Waals surface area contributed by atoms with Gasteiger partial charge in [0.25, 0.3) is 5.56 Å². The van der Waals surface area contributed by atoms with Crippen LogP contribution >= 0.6 is 0 Å². The number of carboxylic acids is 1. The number of aliphatic carboxylic acids is 1. The highest BCUT2D eigenvalue weighted by molar-refractivity contribution is 5.90. The van der Waals surface area contributed by atoms with Crippen LogP contribution in [0.5, 0.6) is 0 Å². The number of aromatic nitrogens is 2. The Morgan fingerprint density at radius 2 is 1.89 bits per heavy atom. The molecular formula is C19H25N3O5. The van der Waals surface area contributed by atoms with Crippen molar-refractivity contribution in [2.45, 2.75) is 45.3 Å². The molecule has 2 N–H and O–H groups in total. The van der Waals surface area contributed by atoms with Gasteiger partial charge in [-0.3, -0.25) is 9.59 Å². The topological polar surface area (TPSA) is 111 Å². The van der Waals surface area contributed by atoms with Gasteiger partial charge in [-0.05, 0) is 26.8 Å². The Hall–Kier alpha value is -2.74. The number of ether oxygens (including phenoxy) is 1. The molecule has 0 saturated carbocycles. The van der Waals surface area contributed by atoms with Gasteiger partial charge in [0.15, 0.2) is 0 Å². The molecule has 8 heteroatoms. The first-order chi connectivity index (χ1) is 12.6. The molecule has 1 atom stereocenters. The zero-order valence-corrected chi connectivity index (χ0v) is 16.0. The minimum Gasteiger partial charge on any atom is -0.480 e. The molecule has 1 amide bonds. The van der Waals surface area contributed by atoms with E-state index in [2.05, 4.69) is 10.4 Å². The zero-order chi connectivity index (χ0) is 20.2. The Morgan fingerprint density at radius 1 is 1.26 bits per heavy atom. The molecule has 1 heterocycles. The van der Waals surface area contributed by atoms with Gasteiger partial charge in [0.05, 0.1) is 23.1 Å². The molecule has 1 aromatic carbocycles. The largest absolute Gasteiger partial charge is 0.480 e. The summed E-state index contributed by atoms with van der Waals surface area (Å²) in [6.07, 6.45) is 0.0261. The summed E-state index contributed by atoms with van der Waals surface area (Å²) < 4.78 is 6.71. The van der Waals surface area contributed by atoms with Crippen molar-refractivity contribution in [2.24, 2.45) is 7.05 Å². The standard InChI is InChI=1S/C19H25N3O5/c1-19(2,3)27-10-9-14(18(25)26)20-16(23)11-15-12-7-5-6-8-13(12)17(24)22(4)21-15/h5-8,14H,9-11H2,1-4H3,(H,20,23)(H,25,26). The number of hydrogen-bond acceptors (Lipinski definition) is 5. The van der Waals surface area contributed by atoms with E-state index in [9.17, 15) is 19.5 Å². The molecule has 1 aromatic heterocycles. The predicted octanol–water partition coefficient (Wildman–Crippen LogP) is 1.25. The molecule has 0 radical (unpaired) electrons. The lowest BCUT2D eigenvalue weighted by atomic mass is 10.1. The fraction of sp³-hybridized carbons (Fsp3) is 0.474. The molecule has 0 aliphatic carbocycles. The lowest BCUT2D eigenvalue weighted by Gasteiger charge is -2.21. The summed E-state index contributed by atoms with van der Waals surface area (Å²) >= 11 is 0. The summed E-state index contributed by atoms with van der Waals surface area (Å²) in [5, 5.41) is 17.0. The first-order valence-corrected chi connectivity index (χ1v) is 8.69.